The Kier molecular flexibility index (Phi) is 19.6. The lowest BCUT2D eigenvalue weighted by atomic mass is 9.82. The molecule has 0 saturated heterocycles. The van der Waals surface area contributed by atoms with E-state index in [2.05, 4.69) is 290 Å². The lowest BCUT2D eigenvalue weighted by Gasteiger charge is -2.21. The summed E-state index contributed by atoms with van der Waals surface area (Å²) in [6.45, 7) is 9.35. The van der Waals surface area contributed by atoms with Crippen molar-refractivity contribution in [3.8, 4) is 142 Å². The molecule has 0 saturated carbocycles. The van der Waals surface area contributed by atoms with Gasteiger partial charge in [0, 0.05) is 121 Å². The van der Waals surface area contributed by atoms with Crippen molar-refractivity contribution >= 4 is 109 Å². The third-order valence-electron chi connectivity index (χ3n) is 28.7. The number of benzene rings is 19. The van der Waals surface area contributed by atoms with Crippen LogP contribution in [0.25, 0.3) is 251 Å². The highest BCUT2D eigenvalue weighted by Gasteiger charge is 2.39. The van der Waals surface area contributed by atoms with Crippen LogP contribution in [0.5, 0.6) is 0 Å². The first-order valence-electron chi connectivity index (χ1n) is 48.4. The Bertz CT molecular complexity index is 9620. The van der Waals surface area contributed by atoms with Crippen molar-refractivity contribution in [2.45, 2.75) is 38.5 Å². The second kappa shape index (κ2) is 33.5. The van der Waals surface area contributed by atoms with Crippen LogP contribution in [0.1, 0.15) is 49.9 Å². The van der Waals surface area contributed by atoms with Crippen molar-refractivity contribution in [3.05, 3.63) is 471 Å². The lowest BCUT2D eigenvalue weighted by Crippen LogP contribution is -2.15. The molecule has 2 aliphatic rings. The molecule has 0 amide bonds. The zero-order valence-electron chi connectivity index (χ0n) is 78.4. The van der Waals surface area contributed by atoms with Gasteiger partial charge in [0.05, 0.1) is 43.9 Å². The van der Waals surface area contributed by atoms with Crippen LogP contribution >= 0.6 is 0 Å². The number of fused-ring (bicyclic) bond motifs is 23. The fourth-order valence-electron chi connectivity index (χ4n) is 21.9. The summed E-state index contributed by atoms with van der Waals surface area (Å²) in [5.74, 6) is 5.77. The van der Waals surface area contributed by atoms with Crippen molar-refractivity contribution in [1.29, 1.82) is 0 Å². The quantitative estimate of drug-likeness (QED) is 0.115. The van der Waals surface area contributed by atoms with E-state index in [9.17, 15) is 0 Å². The van der Waals surface area contributed by atoms with Gasteiger partial charge in [0.1, 0.15) is 22.3 Å². The van der Waals surface area contributed by atoms with Crippen LogP contribution in [0.2, 0.25) is 0 Å². The highest BCUT2D eigenvalue weighted by Crippen LogP contribution is 2.55. The van der Waals surface area contributed by atoms with E-state index in [0.29, 0.717) is 52.4 Å². The van der Waals surface area contributed by atoms with Crippen LogP contribution in [0.15, 0.2) is 458 Å². The molecule has 0 N–H and O–H groups in total. The van der Waals surface area contributed by atoms with Crippen LogP contribution in [0, 0.1) is 0 Å². The Hall–Kier alpha value is -18.8. The Morgan fingerprint density at radius 2 is 0.503 bits per heavy atom. The monoisotopic (exact) mass is 1830 g/mol. The van der Waals surface area contributed by atoms with Crippen LogP contribution in [-0.2, 0) is 10.8 Å². The van der Waals surface area contributed by atoms with Gasteiger partial charge in [-0.05, 0) is 154 Å². The summed E-state index contributed by atoms with van der Waals surface area (Å²) in [6.07, 6.45) is 0. The molecule has 143 heavy (non-hydrogen) atoms. The van der Waals surface area contributed by atoms with Crippen molar-refractivity contribution < 1.29 is 8.83 Å². The first kappa shape index (κ1) is 83.6. The molecular formula is C129H86N12O2. The number of rotatable bonds is 12. The molecule has 29 rings (SSSR count). The van der Waals surface area contributed by atoms with Gasteiger partial charge in [-0.15, -0.1) is 0 Å². The van der Waals surface area contributed by atoms with Crippen molar-refractivity contribution in [3.63, 3.8) is 0 Å². The molecule has 0 bridgehead atoms. The van der Waals surface area contributed by atoms with Gasteiger partial charge in [0.15, 0.2) is 52.4 Å². The standard InChI is InChI=1S/C48H32N4O.C42H30N4.C39H24N4O/c1-48(2)38-22-11-9-20-33(38)36-27-37-41(28-39(36)48)52(40-25-24-35-34-21-10-12-23-42(34)53-44(35)43(37)40)32-19-13-18-31(26-32)47-50-45(29-14-5-3-6-15-29)49-46(51-47)30-16-7-4-8-17-30;1-42(2)35-22-11-9-20-31(35)33-25-34-32-21-10-12-23-37(32)46(38(34)26-36(33)42)30-19-13-18-29(24-30)41-44-39(27-14-5-3-6-15-27)43-40(45-41)28-16-7-4-8-17-28;1-3-12-25(13-4-1)37-40-38(26-14-5-2-6-15-26)42-39(41-37)27-16-11-17-28(24-27)43-32-20-9-7-18-29(32)30-22-23-34-35(36(30)43)31-19-8-10-21-33(31)44-34/h3-28H,1-2H3;3-26H,1-2H3;1-24H. The Morgan fingerprint density at radius 1 is 0.182 bits per heavy atom. The molecule has 0 aliphatic heterocycles. The van der Waals surface area contributed by atoms with Gasteiger partial charge in [-0.2, -0.15) is 0 Å². The van der Waals surface area contributed by atoms with Crippen molar-refractivity contribution in [2.75, 3.05) is 0 Å². The molecule has 0 atom stereocenters. The number of hydrogen-bond donors (Lipinski definition) is 0. The number of furan rings is 2. The maximum atomic E-state index is 6.72. The fourth-order valence-corrected chi connectivity index (χ4v) is 21.9. The fraction of sp³-hybridized carbons (Fsp3) is 0.0465. The lowest BCUT2D eigenvalue weighted by molar-refractivity contribution is 0.661. The second-order valence-electron chi connectivity index (χ2n) is 37.8. The first-order valence-corrected chi connectivity index (χ1v) is 48.4. The van der Waals surface area contributed by atoms with Gasteiger partial charge in [0.2, 0.25) is 0 Å². The molecule has 14 heteroatoms. The highest BCUT2D eigenvalue weighted by atomic mass is 16.3. The third kappa shape index (κ3) is 14.0. The van der Waals surface area contributed by atoms with Crippen LogP contribution in [0.3, 0.4) is 0 Å². The van der Waals surface area contributed by atoms with Gasteiger partial charge in [-0.3, -0.25) is 0 Å². The Balaban J connectivity index is 0.000000108. The minimum Gasteiger partial charge on any atom is -0.456 e. The average Bonchev–Trinajstić information content (AvgIpc) is 1.55. The van der Waals surface area contributed by atoms with E-state index in [4.69, 9.17) is 53.7 Å². The van der Waals surface area contributed by atoms with E-state index in [-0.39, 0.29) is 10.8 Å². The molecule has 2 aliphatic carbocycles. The molecule has 674 valence electrons. The normalized spacial score (nSPS) is 12.7. The van der Waals surface area contributed by atoms with Gasteiger partial charge in [-0.1, -0.05) is 367 Å². The SMILES string of the molecule is CC1(C)c2ccccc2-c2cc3c4c5oc6ccccc6c5ccc4n(-c4cccc(-c5nc(-c6ccccc6)nc(-c6ccccc6)n5)c4)c3cc21.CC1(C)c2ccccc2-c2cc3c4ccccc4n(-c4cccc(-c5nc(-c6ccccc6)nc(-c6ccccc6)n5)c4)c3cc21.c1ccc(-c2nc(-c3ccccc3)nc(-c3cccc(-n4c5ccccc5c5ccc6oc7ccccc7c6c54)c3)n2)cc1. The van der Waals surface area contributed by atoms with E-state index >= 15 is 0 Å². The Labute approximate surface area is 822 Å². The van der Waals surface area contributed by atoms with Gasteiger partial charge in [0.25, 0.3) is 0 Å². The minimum atomic E-state index is -0.148. The van der Waals surface area contributed by atoms with Gasteiger partial charge in [-0.25, -0.2) is 44.9 Å². The second-order valence-corrected chi connectivity index (χ2v) is 37.8. The predicted molar refractivity (Wildman–Crippen MR) is 581 cm³/mol. The summed E-state index contributed by atoms with van der Waals surface area (Å²) in [6, 6.07) is 156. The van der Waals surface area contributed by atoms with Crippen molar-refractivity contribution in [2.24, 2.45) is 0 Å². The first-order chi connectivity index (χ1) is 70.4. The maximum Gasteiger partial charge on any atom is 0.164 e. The van der Waals surface area contributed by atoms with Crippen LogP contribution in [-0.4, -0.2) is 58.6 Å². The summed E-state index contributed by atoms with van der Waals surface area (Å²) < 4.78 is 20.1. The molecule has 0 unspecified atom stereocenters. The molecule has 0 radical (unpaired) electrons. The largest absolute Gasteiger partial charge is 0.456 e. The third-order valence-corrected chi connectivity index (χ3v) is 28.7. The number of nitrogens with zero attached hydrogens (tertiary/aromatic N) is 12. The molecular weight excluding hydrogens is 1750 g/mol. The zero-order chi connectivity index (χ0) is 95.1. The molecule has 14 nitrogen and oxygen atoms in total. The Morgan fingerprint density at radius 3 is 0.944 bits per heavy atom. The average molecular weight is 1840 g/mol. The van der Waals surface area contributed by atoms with Crippen LogP contribution in [0.4, 0.5) is 0 Å². The maximum absolute atomic E-state index is 6.72. The summed E-state index contributed by atoms with van der Waals surface area (Å²) >= 11 is 0. The minimum absolute atomic E-state index is 0.0875. The molecule has 19 aromatic carbocycles. The van der Waals surface area contributed by atoms with Crippen LogP contribution < -0.4 is 0 Å². The molecule has 8 aromatic heterocycles. The summed E-state index contributed by atoms with van der Waals surface area (Å²) in [4.78, 5) is 44.8. The smallest absolute Gasteiger partial charge is 0.164 e. The van der Waals surface area contributed by atoms with Gasteiger partial charge < -0.3 is 22.5 Å². The molecule has 27 aromatic rings. The predicted octanol–water partition coefficient (Wildman–Crippen LogP) is 32.3. The van der Waals surface area contributed by atoms with E-state index in [0.717, 1.165) is 138 Å². The number of aromatic nitrogens is 12. The van der Waals surface area contributed by atoms with Gasteiger partial charge >= 0.3 is 0 Å². The topological polar surface area (TPSA) is 157 Å². The summed E-state index contributed by atoms with van der Waals surface area (Å²) in [7, 11) is 0. The van der Waals surface area contributed by atoms with E-state index in [1.165, 1.54) is 82.5 Å². The number of hydrogen-bond acceptors (Lipinski definition) is 11. The van der Waals surface area contributed by atoms with E-state index < -0.39 is 0 Å². The summed E-state index contributed by atoms with van der Waals surface area (Å²) in [5.41, 5.74) is 32.4. The van der Waals surface area contributed by atoms with Crippen molar-refractivity contribution in [1.82, 2.24) is 58.6 Å². The zero-order valence-corrected chi connectivity index (χ0v) is 78.4. The molecule has 0 fully saturated rings. The highest BCUT2D eigenvalue weighted by molar-refractivity contribution is 6.26. The van der Waals surface area contributed by atoms with E-state index in [1.807, 2.05) is 200 Å². The molecule has 8 heterocycles. The summed E-state index contributed by atoms with van der Waals surface area (Å²) in [5, 5.41) is 11.6. The van der Waals surface area contributed by atoms with E-state index in [1.54, 1.807) is 0 Å². The molecule has 0 spiro atoms. The number of para-hydroxylation sites is 4.